The van der Waals surface area contributed by atoms with Crippen molar-refractivity contribution in [1.29, 1.82) is 0 Å². The third kappa shape index (κ3) is 3.26. The highest BCUT2D eigenvalue weighted by Gasteiger charge is 2.50. The van der Waals surface area contributed by atoms with Gasteiger partial charge in [0, 0.05) is 3.58 Å². The lowest BCUT2D eigenvalue weighted by molar-refractivity contribution is -0.205. The summed E-state index contributed by atoms with van der Waals surface area (Å²) in [6.45, 7) is -0.183. The van der Waals surface area contributed by atoms with E-state index in [1.54, 1.807) is 0 Å². The topological polar surface area (TPSA) is 20.2 Å². The Kier molecular flexibility index (Phi) is 3.95. The van der Waals surface area contributed by atoms with Gasteiger partial charge in [0.1, 0.15) is 0 Å². The van der Waals surface area contributed by atoms with Crippen LogP contribution in [0.2, 0.25) is 0 Å². The highest BCUT2D eigenvalue weighted by atomic mass is 127. The molecule has 0 fully saturated rings. The molecule has 0 bridgehead atoms. The van der Waals surface area contributed by atoms with Crippen molar-refractivity contribution in [1.82, 2.24) is 0 Å². The van der Waals surface area contributed by atoms with Crippen LogP contribution in [0.3, 0.4) is 0 Å². The van der Waals surface area contributed by atoms with Crippen molar-refractivity contribution in [2.45, 2.75) is 18.8 Å². The summed E-state index contributed by atoms with van der Waals surface area (Å²) in [5.74, 6) is 0. The molecule has 1 unspecified atom stereocenters. The van der Waals surface area contributed by atoms with E-state index in [1.165, 1.54) is 22.6 Å². The van der Waals surface area contributed by atoms with Crippen molar-refractivity contribution in [2.24, 2.45) is 0 Å². The fourth-order valence-electron chi connectivity index (χ4n) is 0.422. The van der Waals surface area contributed by atoms with Crippen molar-refractivity contribution in [3.8, 4) is 0 Å². The molecule has 0 heterocycles. The highest BCUT2D eigenvalue weighted by Crippen LogP contribution is 2.36. The molecule has 0 rings (SSSR count). The van der Waals surface area contributed by atoms with E-state index in [9.17, 15) is 17.6 Å². The fourth-order valence-corrected chi connectivity index (χ4v) is 1.01. The van der Waals surface area contributed by atoms with Crippen LogP contribution >= 0.6 is 22.6 Å². The van der Waals surface area contributed by atoms with E-state index >= 15 is 0 Å². The van der Waals surface area contributed by atoms with Gasteiger partial charge in [-0.15, -0.1) is 0 Å². The first-order valence-electron chi connectivity index (χ1n) is 2.94. The molecule has 72 valence electrons. The van der Waals surface area contributed by atoms with Crippen LogP contribution in [0.4, 0.5) is 17.6 Å². The fraction of sp³-hybridized carbons (Fsp3) is 0.667. The summed E-state index contributed by atoms with van der Waals surface area (Å²) in [4.78, 5) is 0. The summed E-state index contributed by atoms with van der Waals surface area (Å²) in [5, 5.41) is 8.35. The summed E-state index contributed by atoms with van der Waals surface area (Å²) < 4.78 is 48.1. The van der Waals surface area contributed by atoms with Crippen LogP contribution in [0, 0.1) is 0 Å². The molecule has 12 heavy (non-hydrogen) atoms. The molecule has 0 saturated carbocycles. The van der Waals surface area contributed by atoms with Gasteiger partial charge in [0.05, 0.1) is 6.61 Å². The molecular weight excluding hydrogens is 291 g/mol. The Labute approximate surface area is 80.6 Å². The SMILES string of the molecule is CC(F)(/C=C(\I)CO)C(F)(F)F. The molecular formula is C6H7F4IO. The standard InChI is InChI=1S/C6H7F4IO/c1-5(7,6(8,9)10)2-4(11)3-12/h2,12H,3H2,1H3/b4-2-. The molecule has 0 saturated heterocycles. The second-order valence-corrected chi connectivity index (χ2v) is 3.71. The van der Waals surface area contributed by atoms with Gasteiger partial charge < -0.3 is 5.11 Å². The van der Waals surface area contributed by atoms with E-state index in [4.69, 9.17) is 5.11 Å². The maximum Gasteiger partial charge on any atom is 0.425 e. The Morgan fingerprint density at radius 1 is 1.42 bits per heavy atom. The maximum atomic E-state index is 12.7. The zero-order valence-corrected chi connectivity index (χ0v) is 8.28. The average Bonchev–Trinajstić information content (AvgIpc) is 1.84. The molecule has 0 aliphatic heterocycles. The molecule has 0 aromatic rings. The number of halogens is 5. The van der Waals surface area contributed by atoms with Crippen LogP contribution in [0.15, 0.2) is 9.66 Å². The second-order valence-electron chi connectivity index (χ2n) is 2.32. The van der Waals surface area contributed by atoms with Crippen LogP contribution in [-0.2, 0) is 0 Å². The second kappa shape index (κ2) is 3.91. The lowest BCUT2D eigenvalue weighted by Gasteiger charge is -2.19. The van der Waals surface area contributed by atoms with E-state index in [2.05, 4.69) is 0 Å². The first kappa shape index (κ1) is 12.2. The normalized spacial score (nSPS) is 19.1. The van der Waals surface area contributed by atoms with Gasteiger partial charge >= 0.3 is 6.18 Å². The number of aliphatic hydroxyl groups is 1. The van der Waals surface area contributed by atoms with Gasteiger partial charge in [-0.05, 0) is 35.6 Å². The number of allylic oxidation sites excluding steroid dienone is 1. The molecule has 0 aliphatic rings. The molecule has 0 aromatic carbocycles. The molecule has 0 spiro atoms. The highest BCUT2D eigenvalue weighted by molar-refractivity contribution is 14.1. The van der Waals surface area contributed by atoms with Gasteiger partial charge in [0.15, 0.2) is 0 Å². The summed E-state index contributed by atoms with van der Waals surface area (Å²) in [6, 6.07) is 0. The van der Waals surface area contributed by atoms with Gasteiger partial charge in [-0.1, -0.05) is 0 Å². The molecule has 1 nitrogen and oxygen atoms in total. The van der Waals surface area contributed by atoms with E-state index < -0.39 is 18.5 Å². The van der Waals surface area contributed by atoms with Gasteiger partial charge in [0.25, 0.3) is 0 Å². The number of aliphatic hydroxyl groups excluding tert-OH is 1. The first-order valence-corrected chi connectivity index (χ1v) is 4.02. The van der Waals surface area contributed by atoms with Crippen molar-refractivity contribution in [3.05, 3.63) is 9.66 Å². The maximum absolute atomic E-state index is 12.7. The predicted molar refractivity (Wildman–Crippen MR) is 44.8 cm³/mol. The van der Waals surface area contributed by atoms with Crippen molar-refractivity contribution in [3.63, 3.8) is 0 Å². The number of alkyl halides is 4. The Bertz CT molecular complexity index is 184. The lowest BCUT2D eigenvalue weighted by atomic mass is 10.1. The van der Waals surface area contributed by atoms with Crippen LogP contribution in [0.1, 0.15) is 6.92 Å². The van der Waals surface area contributed by atoms with Gasteiger partial charge in [-0.3, -0.25) is 0 Å². The molecule has 1 atom stereocenters. The molecule has 6 heteroatoms. The quantitative estimate of drug-likeness (QED) is 0.614. The molecule has 0 radical (unpaired) electrons. The largest absolute Gasteiger partial charge is 0.425 e. The minimum absolute atomic E-state index is 0.0741. The Balaban J connectivity index is 4.64. The molecule has 0 amide bonds. The number of hydrogen-bond donors (Lipinski definition) is 1. The summed E-state index contributed by atoms with van der Waals surface area (Å²) in [6.07, 6.45) is -4.58. The number of rotatable bonds is 2. The van der Waals surface area contributed by atoms with Crippen LogP contribution in [-0.4, -0.2) is 23.6 Å². The minimum atomic E-state index is -4.93. The van der Waals surface area contributed by atoms with Gasteiger partial charge in [-0.25, -0.2) is 4.39 Å². The van der Waals surface area contributed by atoms with Gasteiger partial charge in [0.2, 0.25) is 5.67 Å². The van der Waals surface area contributed by atoms with Crippen LogP contribution < -0.4 is 0 Å². The zero-order valence-electron chi connectivity index (χ0n) is 6.12. The van der Waals surface area contributed by atoms with Crippen LogP contribution in [0.5, 0.6) is 0 Å². The number of hydrogen-bond acceptors (Lipinski definition) is 1. The smallest absolute Gasteiger partial charge is 0.391 e. The van der Waals surface area contributed by atoms with Crippen molar-refractivity contribution < 1.29 is 22.7 Å². The van der Waals surface area contributed by atoms with Crippen LogP contribution in [0.25, 0.3) is 0 Å². The van der Waals surface area contributed by atoms with Gasteiger partial charge in [-0.2, -0.15) is 13.2 Å². The Morgan fingerprint density at radius 2 is 1.83 bits per heavy atom. The summed E-state index contributed by atoms with van der Waals surface area (Å²) >= 11 is 1.44. The average molecular weight is 298 g/mol. The first-order chi connectivity index (χ1) is 5.20. The molecule has 1 N–H and O–H groups in total. The molecule has 0 aromatic heterocycles. The third-order valence-corrected chi connectivity index (χ3v) is 1.79. The van der Waals surface area contributed by atoms with Crippen molar-refractivity contribution in [2.75, 3.05) is 6.61 Å². The lowest BCUT2D eigenvalue weighted by Crippen LogP contribution is -2.35. The van der Waals surface area contributed by atoms with E-state index in [1.807, 2.05) is 0 Å². The van der Waals surface area contributed by atoms with Crippen molar-refractivity contribution >= 4 is 22.6 Å². The zero-order chi connectivity index (χ0) is 9.99. The monoisotopic (exact) mass is 298 g/mol. The minimum Gasteiger partial charge on any atom is -0.391 e. The Hall–Kier alpha value is 0.150. The third-order valence-electron chi connectivity index (χ3n) is 1.13. The van der Waals surface area contributed by atoms with E-state index in [-0.39, 0.29) is 3.58 Å². The predicted octanol–water partition coefficient (Wildman–Crippen LogP) is 2.59. The molecule has 0 aliphatic carbocycles. The summed E-state index contributed by atoms with van der Waals surface area (Å²) in [5.41, 5.74) is -3.37. The van der Waals surface area contributed by atoms with E-state index in [0.29, 0.717) is 13.0 Å². The van der Waals surface area contributed by atoms with E-state index in [0.717, 1.165) is 0 Å². The summed E-state index contributed by atoms with van der Waals surface area (Å²) in [7, 11) is 0. The Morgan fingerprint density at radius 3 is 2.08 bits per heavy atom.